The van der Waals surface area contributed by atoms with E-state index in [-0.39, 0.29) is 5.75 Å². The number of hydrogen-bond acceptors (Lipinski definition) is 3. The van der Waals surface area contributed by atoms with Gasteiger partial charge in [0.15, 0.2) is 11.6 Å². The van der Waals surface area contributed by atoms with Crippen LogP contribution in [0, 0.1) is 5.82 Å². The second kappa shape index (κ2) is 4.25. The first kappa shape index (κ1) is 13.4. The molecule has 1 aromatic rings. The van der Waals surface area contributed by atoms with E-state index in [0.717, 1.165) is 0 Å². The smallest absolute Gasteiger partial charge is 0.494 e. The first-order chi connectivity index (χ1) is 8.28. The maximum absolute atomic E-state index is 14.1. The topological polar surface area (TPSA) is 27.7 Å². The highest BCUT2D eigenvalue weighted by Gasteiger charge is 2.52. The van der Waals surface area contributed by atoms with Gasteiger partial charge in [0.2, 0.25) is 0 Å². The van der Waals surface area contributed by atoms with E-state index in [1.165, 1.54) is 7.11 Å². The summed E-state index contributed by atoms with van der Waals surface area (Å²) in [4.78, 5) is 0. The Bertz CT molecular complexity index is 444. The lowest BCUT2D eigenvalue weighted by atomic mass is 9.78. The van der Waals surface area contributed by atoms with Gasteiger partial charge in [0.1, 0.15) is 0 Å². The zero-order chi connectivity index (χ0) is 13.6. The molecule has 0 aromatic heterocycles. The molecule has 3 nitrogen and oxygen atoms in total. The lowest BCUT2D eigenvalue weighted by molar-refractivity contribution is 0.00578. The van der Waals surface area contributed by atoms with Crippen LogP contribution in [0.2, 0.25) is 0 Å². The molecule has 0 N–H and O–H groups in total. The minimum Gasteiger partial charge on any atom is -0.494 e. The maximum atomic E-state index is 14.1. The second-order valence-corrected chi connectivity index (χ2v) is 5.45. The van der Waals surface area contributed by atoms with E-state index in [1.807, 2.05) is 27.7 Å². The molecular formula is C13H18BFO3. The number of hydrogen-bond donors (Lipinski definition) is 0. The average Bonchev–Trinajstić information content (AvgIpc) is 2.48. The molecule has 1 heterocycles. The van der Waals surface area contributed by atoms with E-state index in [1.54, 1.807) is 18.2 Å². The summed E-state index contributed by atoms with van der Waals surface area (Å²) in [5.41, 5.74) is -0.589. The van der Waals surface area contributed by atoms with E-state index in [2.05, 4.69) is 0 Å². The van der Waals surface area contributed by atoms with Crippen LogP contribution in [0.1, 0.15) is 27.7 Å². The summed E-state index contributed by atoms with van der Waals surface area (Å²) in [6.45, 7) is 7.74. The largest absolute Gasteiger partial charge is 0.497 e. The number of methoxy groups -OCH3 is 1. The highest BCUT2D eigenvalue weighted by atomic mass is 19.1. The summed E-state index contributed by atoms with van der Waals surface area (Å²) in [5.74, 6) is -0.235. The zero-order valence-corrected chi connectivity index (χ0v) is 11.4. The van der Waals surface area contributed by atoms with E-state index < -0.39 is 24.1 Å². The van der Waals surface area contributed by atoms with Crippen LogP contribution in [0.15, 0.2) is 18.2 Å². The maximum Gasteiger partial charge on any atom is 0.497 e. The Morgan fingerprint density at radius 1 is 1.11 bits per heavy atom. The van der Waals surface area contributed by atoms with Gasteiger partial charge in [0.05, 0.1) is 18.3 Å². The third-order valence-electron chi connectivity index (χ3n) is 3.72. The molecule has 0 spiro atoms. The van der Waals surface area contributed by atoms with Gasteiger partial charge in [0.25, 0.3) is 0 Å². The summed E-state index contributed by atoms with van der Waals surface area (Å²) in [7, 11) is 0.733. The molecule has 1 aliphatic heterocycles. The molecule has 1 aliphatic rings. The fraction of sp³-hybridized carbons (Fsp3) is 0.538. The Morgan fingerprint density at radius 2 is 1.67 bits per heavy atom. The van der Waals surface area contributed by atoms with Gasteiger partial charge in [0, 0.05) is 5.46 Å². The second-order valence-electron chi connectivity index (χ2n) is 5.45. The Hall–Kier alpha value is -1.07. The molecule has 18 heavy (non-hydrogen) atoms. The van der Waals surface area contributed by atoms with Gasteiger partial charge in [-0.25, -0.2) is 4.39 Å². The van der Waals surface area contributed by atoms with Crippen molar-refractivity contribution >= 4 is 12.6 Å². The van der Waals surface area contributed by atoms with Crippen LogP contribution in [0.3, 0.4) is 0 Å². The lowest BCUT2D eigenvalue weighted by Gasteiger charge is -2.32. The van der Waals surface area contributed by atoms with Gasteiger partial charge in [-0.05, 0) is 33.8 Å². The Balaban J connectivity index is 2.35. The van der Waals surface area contributed by atoms with E-state index in [0.29, 0.717) is 5.46 Å². The average molecular weight is 252 g/mol. The van der Waals surface area contributed by atoms with E-state index in [9.17, 15) is 4.39 Å². The van der Waals surface area contributed by atoms with Crippen molar-refractivity contribution in [2.24, 2.45) is 0 Å². The minimum absolute atomic E-state index is 0.196. The molecule has 0 aliphatic carbocycles. The zero-order valence-electron chi connectivity index (χ0n) is 11.4. The summed E-state index contributed by atoms with van der Waals surface area (Å²) in [6, 6.07) is 4.95. The van der Waals surface area contributed by atoms with Crippen molar-refractivity contribution in [2.75, 3.05) is 7.11 Å². The molecule has 0 amide bonds. The van der Waals surface area contributed by atoms with Crippen LogP contribution in [0.4, 0.5) is 4.39 Å². The predicted molar refractivity (Wildman–Crippen MR) is 68.7 cm³/mol. The Morgan fingerprint density at radius 3 is 2.17 bits per heavy atom. The van der Waals surface area contributed by atoms with Crippen molar-refractivity contribution in [3.05, 3.63) is 24.0 Å². The Labute approximate surface area is 107 Å². The number of halogens is 1. The summed E-state index contributed by atoms with van der Waals surface area (Å²) < 4.78 is 30.7. The van der Waals surface area contributed by atoms with E-state index >= 15 is 0 Å². The molecule has 0 saturated carbocycles. The number of rotatable bonds is 2. The minimum atomic E-state index is -0.704. The van der Waals surface area contributed by atoms with Crippen molar-refractivity contribution in [2.45, 2.75) is 38.9 Å². The van der Waals surface area contributed by atoms with Crippen molar-refractivity contribution < 1.29 is 18.4 Å². The molecule has 0 atom stereocenters. The van der Waals surface area contributed by atoms with Crippen molar-refractivity contribution in [3.8, 4) is 5.75 Å². The van der Waals surface area contributed by atoms with Crippen LogP contribution < -0.4 is 10.2 Å². The lowest BCUT2D eigenvalue weighted by Crippen LogP contribution is -2.41. The van der Waals surface area contributed by atoms with E-state index in [4.69, 9.17) is 14.0 Å². The fourth-order valence-electron chi connectivity index (χ4n) is 1.84. The van der Waals surface area contributed by atoms with Crippen LogP contribution in [-0.4, -0.2) is 25.4 Å². The number of ether oxygens (including phenoxy) is 1. The molecule has 2 rings (SSSR count). The Kier molecular flexibility index (Phi) is 3.15. The predicted octanol–water partition coefficient (Wildman–Crippen LogP) is 2.13. The molecule has 98 valence electrons. The highest BCUT2D eigenvalue weighted by Crippen LogP contribution is 2.36. The van der Waals surface area contributed by atoms with Gasteiger partial charge in [-0.15, -0.1) is 0 Å². The molecule has 1 saturated heterocycles. The fourth-order valence-corrected chi connectivity index (χ4v) is 1.84. The van der Waals surface area contributed by atoms with Gasteiger partial charge in [-0.2, -0.15) is 0 Å². The normalized spacial score (nSPS) is 21.1. The third-order valence-corrected chi connectivity index (χ3v) is 3.72. The molecule has 0 bridgehead atoms. The summed E-state index contributed by atoms with van der Waals surface area (Å²) in [6.07, 6.45) is 0. The molecule has 1 aromatic carbocycles. The monoisotopic (exact) mass is 252 g/mol. The van der Waals surface area contributed by atoms with Gasteiger partial charge in [-0.1, -0.05) is 12.1 Å². The van der Waals surface area contributed by atoms with Gasteiger partial charge >= 0.3 is 7.12 Å². The molecule has 1 fully saturated rings. The highest BCUT2D eigenvalue weighted by molar-refractivity contribution is 6.62. The van der Waals surface area contributed by atoms with Gasteiger partial charge in [-0.3, -0.25) is 0 Å². The SMILES string of the molecule is COc1cccc(B2OC(C)(C)C(C)(C)O2)c1F. The molecule has 5 heteroatoms. The van der Waals surface area contributed by atoms with Crippen molar-refractivity contribution in [1.82, 2.24) is 0 Å². The number of benzene rings is 1. The molecule has 0 unspecified atom stereocenters. The molecule has 0 radical (unpaired) electrons. The van der Waals surface area contributed by atoms with Crippen LogP contribution in [0.25, 0.3) is 0 Å². The standard InChI is InChI=1S/C13H18BFO3/c1-12(2)13(3,4)18-14(17-12)9-7-6-8-10(16-5)11(9)15/h6-8H,1-5H3. The van der Waals surface area contributed by atoms with Crippen LogP contribution in [0.5, 0.6) is 5.75 Å². The quantitative estimate of drug-likeness (QED) is 0.754. The third kappa shape index (κ3) is 2.02. The summed E-state index contributed by atoms with van der Waals surface area (Å²) in [5, 5.41) is 0. The summed E-state index contributed by atoms with van der Waals surface area (Å²) >= 11 is 0. The van der Waals surface area contributed by atoms with Crippen LogP contribution in [-0.2, 0) is 9.31 Å². The molecular weight excluding hydrogens is 234 g/mol. The van der Waals surface area contributed by atoms with Crippen molar-refractivity contribution in [1.29, 1.82) is 0 Å². The first-order valence-electron chi connectivity index (χ1n) is 5.96. The van der Waals surface area contributed by atoms with Crippen LogP contribution >= 0.6 is 0 Å². The first-order valence-corrected chi connectivity index (χ1v) is 5.96. The van der Waals surface area contributed by atoms with Gasteiger partial charge < -0.3 is 14.0 Å². The van der Waals surface area contributed by atoms with Crippen molar-refractivity contribution in [3.63, 3.8) is 0 Å².